The van der Waals surface area contributed by atoms with Crippen LogP contribution in [0.5, 0.6) is 5.75 Å². The number of fused-ring (bicyclic) bond motifs is 1. The van der Waals surface area contributed by atoms with E-state index in [0.29, 0.717) is 21.7 Å². The summed E-state index contributed by atoms with van der Waals surface area (Å²) in [5.41, 5.74) is 3.10. The number of amides is 1. The van der Waals surface area contributed by atoms with E-state index < -0.39 is 0 Å². The number of hydrogen-bond acceptors (Lipinski definition) is 3. The minimum absolute atomic E-state index is 0.0179. The van der Waals surface area contributed by atoms with E-state index in [1.807, 2.05) is 24.1 Å². The number of likely N-dealkylation sites (N-methyl/N-ethyl adjacent to an activating group) is 1. The molecule has 4 nitrogen and oxygen atoms in total. The van der Waals surface area contributed by atoms with Crippen LogP contribution in [0.25, 0.3) is 0 Å². The molecule has 2 aliphatic rings. The van der Waals surface area contributed by atoms with Crippen LogP contribution in [0.1, 0.15) is 42.0 Å². The van der Waals surface area contributed by atoms with Crippen LogP contribution in [0, 0.1) is 0 Å². The van der Waals surface area contributed by atoms with E-state index in [2.05, 4.69) is 11.0 Å². The molecule has 2 atom stereocenters. The number of benzene rings is 2. The van der Waals surface area contributed by atoms with Gasteiger partial charge in [0, 0.05) is 23.1 Å². The number of likely N-dealkylation sites (tertiary alicyclic amines) is 1. The SMILES string of the molecule is COc1cccc2c1CC[C@H](N1CCCC1)[C@H]2N(C)C(=O)Cc1c(Cl)cccc1Cl. The average molecular weight is 447 g/mol. The highest BCUT2D eigenvalue weighted by Gasteiger charge is 2.39. The van der Waals surface area contributed by atoms with Gasteiger partial charge in [-0.05, 0) is 73.7 Å². The standard InChI is InChI=1S/C24H28Cl2N2O2/c1-27(23(29)15-18-19(25)8-6-9-20(18)26)24-17-7-5-10-22(30-2)16(17)11-12-21(24)28-13-3-4-14-28/h5-10,21,24H,3-4,11-15H2,1-2H3/t21-,24-/m0/s1. The number of hydrogen-bond donors (Lipinski definition) is 0. The smallest absolute Gasteiger partial charge is 0.227 e. The van der Waals surface area contributed by atoms with Crippen molar-refractivity contribution in [1.82, 2.24) is 9.80 Å². The van der Waals surface area contributed by atoms with E-state index in [1.54, 1.807) is 25.3 Å². The van der Waals surface area contributed by atoms with Crippen molar-refractivity contribution in [3.05, 3.63) is 63.1 Å². The summed E-state index contributed by atoms with van der Waals surface area (Å²) in [6.45, 7) is 2.19. The fourth-order valence-corrected chi connectivity index (χ4v) is 5.56. The third-order valence-electron chi connectivity index (χ3n) is 6.57. The first-order valence-electron chi connectivity index (χ1n) is 10.6. The van der Waals surface area contributed by atoms with Gasteiger partial charge in [-0.1, -0.05) is 41.4 Å². The van der Waals surface area contributed by atoms with Gasteiger partial charge in [0.15, 0.2) is 0 Å². The van der Waals surface area contributed by atoms with Gasteiger partial charge in [-0.15, -0.1) is 0 Å². The summed E-state index contributed by atoms with van der Waals surface area (Å²) in [6, 6.07) is 11.8. The molecule has 0 spiro atoms. The molecule has 1 amide bonds. The molecule has 2 aromatic carbocycles. The van der Waals surface area contributed by atoms with Crippen LogP contribution in [0.3, 0.4) is 0 Å². The monoisotopic (exact) mass is 446 g/mol. The van der Waals surface area contributed by atoms with Gasteiger partial charge in [0.1, 0.15) is 5.75 Å². The van der Waals surface area contributed by atoms with Crippen molar-refractivity contribution in [1.29, 1.82) is 0 Å². The van der Waals surface area contributed by atoms with E-state index >= 15 is 0 Å². The maximum Gasteiger partial charge on any atom is 0.227 e. The number of nitrogens with zero attached hydrogens (tertiary/aromatic N) is 2. The van der Waals surface area contributed by atoms with Crippen LogP contribution >= 0.6 is 23.2 Å². The van der Waals surface area contributed by atoms with Crippen LogP contribution < -0.4 is 4.74 Å². The van der Waals surface area contributed by atoms with Crippen molar-refractivity contribution >= 4 is 29.1 Å². The third kappa shape index (κ3) is 4.05. The number of methoxy groups -OCH3 is 1. The Hall–Kier alpha value is -1.75. The van der Waals surface area contributed by atoms with E-state index in [4.69, 9.17) is 27.9 Å². The Bertz CT molecular complexity index is 907. The van der Waals surface area contributed by atoms with Crippen LogP contribution in [0.15, 0.2) is 36.4 Å². The van der Waals surface area contributed by atoms with Crippen LogP contribution in [0.4, 0.5) is 0 Å². The molecule has 2 aromatic rings. The second-order valence-corrected chi connectivity index (χ2v) is 9.02. The summed E-state index contributed by atoms with van der Waals surface area (Å²) in [7, 11) is 3.63. The molecule has 0 saturated carbocycles. The van der Waals surface area contributed by atoms with Crippen molar-refractivity contribution < 1.29 is 9.53 Å². The van der Waals surface area contributed by atoms with Crippen LogP contribution in [0.2, 0.25) is 10.0 Å². The van der Waals surface area contributed by atoms with Gasteiger partial charge >= 0.3 is 0 Å². The number of halogens is 2. The number of carbonyl (C=O) groups excluding carboxylic acids is 1. The van der Waals surface area contributed by atoms with Crippen molar-refractivity contribution in [3.8, 4) is 5.75 Å². The third-order valence-corrected chi connectivity index (χ3v) is 7.28. The molecule has 1 aliphatic heterocycles. The summed E-state index contributed by atoms with van der Waals surface area (Å²) < 4.78 is 5.64. The molecule has 0 bridgehead atoms. The van der Waals surface area contributed by atoms with Gasteiger partial charge < -0.3 is 9.64 Å². The summed E-state index contributed by atoms with van der Waals surface area (Å²) in [5, 5.41) is 1.07. The second kappa shape index (κ2) is 9.17. The molecule has 1 aliphatic carbocycles. The highest BCUT2D eigenvalue weighted by molar-refractivity contribution is 6.36. The molecular weight excluding hydrogens is 419 g/mol. The highest BCUT2D eigenvalue weighted by atomic mass is 35.5. The summed E-state index contributed by atoms with van der Waals surface area (Å²) >= 11 is 12.7. The maximum atomic E-state index is 13.4. The molecule has 160 valence electrons. The molecule has 4 rings (SSSR count). The van der Waals surface area contributed by atoms with Crippen molar-refractivity contribution in [2.75, 3.05) is 27.2 Å². The van der Waals surface area contributed by atoms with E-state index in [9.17, 15) is 4.79 Å². The molecule has 30 heavy (non-hydrogen) atoms. The van der Waals surface area contributed by atoms with Gasteiger partial charge in [0.2, 0.25) is 5.91 Å². The Morgan fingerprint density at radius 1 is 1.13 bits per heavy atom. The summed E-state index contributed by atoms with van der Waals surface area (Å²) in [5.74, 6) is 0.933. The summed E-state index contributed by atoms with van der Waals surface area (Å²) in [6.07, 6.45) is 4.62. The maximum absolute atomic E-state index is 13.4. The first-order valence-corrected chi connectivity index (χ1v) is 11.3. The molecule has 1 heterocycles. The fraction of sp³-hybridized carbons (Fsp3) is 0.458. The van der Waals surface area contributed by atoms with Gasteiger partial charge in [0.05, 0.1) is 19.6 Å². The second-order valence-electron chi connectivity index (χ2n) is 8.20. The Morgan fingerprint density at radius 3 is 2.47 bits per heavy atom. The lowest BCUT2D eigenvalue weighted by Crippen LogP contribution is -2.48. The molecule has 0 radical (unpaired) electrons. The van der Waals surface area contributed by atoms with Crippen molar-refractivity contribution in [2.45, 2.75) is 44.2 Å². The van der Waals surface area contributed by atoms with Crippen LogP contribution in [-0.4, -0.2) is 49.0 Å². The van der Waals surface area contributed by atoms with Gasteiger partial charge in [-0.2, -0.15) is 0 Å². The lowest BCUT2D eigenvalue weighted by atomic mass is 9.81. The molecule has 1 saturated heterocycles. The fourth-order valence-electron chi connectivity index (χ4n) is 5.03. The van der Waals surface area contributed by atoms with Gasteiger partial charge in [-0.25, -0.2) is 0 Å². The molecule has 0 aromatic heterocycles. The molecule has 0 N–H and O–H groups in total. The molecule has 1 fully saturated rings. The Kier molecular flexibility index (Phi) is 6.57. The quantitative estimate of drug-likeness (QED) is 0.635. The zero-order chi connectivity index (χ0) is 21.3. The molecule has 6 heteroatoms. The number of rotatable bonds is 5. The molecular formula is C24H28Cl2N2O2. The summed E-state index contributed by atoms with van der Waals surface area (Å²) in [4.78, 5) is 17.9. The van der Waals surface area contributed by atoms with Gasteiger partial charge in [-0.3, -0.25) is 9.69 Å². The normalized spacial score (nSPS) is 21.3. The number of ether oxygens (including phenoxy) is 1. The predicted octanol–water partition coefficient (Wildman–Crippen LogP) is 5.15. The van der Waals surface area contributed by atoms with Crippen LogP contribution in [-0.2, 0) is 17.6 Å². The van der Waals surface area contributed by atoms with Crippen molar-refractivity contribution in [2.24, 2.45) is 0 Å². The molecule has 0 unspecified atom stereocenters. The van der Waals surface area contributed by atoms with Gasteiger partial charge in [0.25, 0.3) is 0 Å². The minimum atomic E-state index is -0.0179. The highest BCUT2D eigenvalue weighted by Crippen LogP contribution is 2.41. The zero-order valence-electron chi connectivity index (χ0n) is 17.5. The Balaban J connectivity index is 1.68. The van der Waals surface area contributed by atoms with E-state index in [1.165, 1.54) is 24.0 Å². The topological polar surface area (TPSA) is 32.8 Å². The first kappa shape index (κ1) is 21.5. The lowest BCUT2D eigenvalue weighted by molar-refractivity contribution is -0.133. The van der Waals surface area contributed by atoms with Crippen molar-refractivity contribution in [3.63, 3.8) is 0 Å². The zero-order valence-corrected chi connectivity index (χ0v) is 19.0. The lowest BCUT2D eigenvalue weighted by Gasteiger charge is -2.44. The number of carbonyl (C=O) groups is 1. The first-order chi connectivity index (χ1) is 14.5. The van der Waals surface area contributed by atoms with E-state index in [-0.39, 0.29) is 18.4 Å². The average Bonchev–Trinajstić information content (AvgIpc) is 3.29. The Labute approximate surface area is 188 Å². The predicted molar refractivity (Wildman–Crippen MR) is 122 cm³/mol. The Morgan fingerprint density at radius 2 is 1.80 bits per heavy atom. The largest absolute Gasteiger partial charge is 0.496 e. The minimum Gasteiger partial charge on any atom is -0.496 e. The van der Waals surface area contributed by atoms with E-state index in [0.717, 1.165) is 31.7 Å².